The van der Waals surface area contributed by atoms with Crippen molar-refractivity contribution in [1.29, 1.82) is 0 Å². The van der Waals surface area contributed by atoms with Gasteiger partial charge in [-0.1, -0.05) is 25.3 Å². The minimum absolute atomic E-state index is 0.0206. The molecule has 6 nitrogen and oxygen atoms in total. The monoisotopic (exact) mass is 484 g/mol. The van der Waals surface area contributed by atoms with Gasteiger partial charge in [-0.25, -0.2) is 4.98 Å². The number of imidazole rings is 1. The van der Waals surface area contributed by atoms with Crippen LogP contribution in [0.1, 0.15) is 48.3 Å². The highest BCUT2D eigenvalue weighted by molar-refractivity contribution is 9.10. The van der Waals surface area contributed by atoms with Crippen molar-refractivity contribution < 1.29 is 9.53 Å². The molecular formula is C24H29BrN4O2. The summed E-state index contributed by atoms with van der Waals surface area (Å²) in [5, 5.41) is 3.70. The molecule has 2 aliphatic heterocycles. The number of hydrogen-bond donors (Lipinski definition) is 1. The van der Waals surface area contributed by atoms with Crippen LogP contribution in [0.2, 0.25) is 0 Å². The van der Waals surface area contributed by atoms with Crippen LogP contribution in [-0.4, -0.2) is 52.5 Å². The average Bonchev–Trinajstić information content (AvgIpc) is 3.21. The lowest BCUT2D eigenvalue weighted by molar-refractivity contribution is 0.0634. The van der Waals surface area contributed by atoms with E-state index in [1.807, 2.05) is 46.8 Å². The lowest BCUT2D eigenvalue weighted by Crippen LogP contribution is -2.56. The second-order valence-electron chi connectivity index (χ2n) is 8.41. The zero-order valence-corrected chi connectivity index (χ0v) is 19.7. The summed E-state index contributed by atoms with van der Waals surface area (Å²) in [7, 11) is 1.67. The summed E-state index contributed by atoms with van der Waals surface area (Å²) in [5.41, 5.74) is 4.67. The number of halogens is 1. The molecular weight excluding hydrogens is 456 g/mol. The Hall–Kier alpha value is -2.22. The van der Waals surface area contributed by atoms with Crippen LogP contribution in [0.5, 0.6) is 0 Å². The van der Waals surface area contributed by atoms with Gasteiger partial charge in [-0.15, -0.1) is 0 Å². The normalized spacial score (nSPS) is 19.6. The molecule has 7 heteroatoms. The quantitative estimate of drug-likeness (QED) is 0.681. The van der Waals surface area contributed by atoms with Crippen LogP contribution in [-0.2, 0) is 4.74 Å². The summed E-state index contributed by atoms with van der Waals surface area (Å²) in [5.74, 6) is -0.0206. The topological polar surface area (TPSA) is 58.9 Å². The molecule has 0 saturated carbocycles. The minimum Gasteiger partial charge on any atom is -0.377 e. The first-order chi connectivity index (χ1) is 14.9. The molecule has 1 fully saturated rings. The number of fused-ring (bicyclic) bond motifs is 1. The first kappa shape index (κ1) is 22.0. The van der Waals surface area contributed by atoms with Gasteiger partial charge >= 0.3 is 0 Å². The third kappa shape index (κ3) is 4.14. The number of likely N-dealkylation sites (tertiary alicyclic amines) is 1. The molecule has 2 aliphatic rings. The van der Waals surface area contributed by atoms with Crippen LogP contribution in [0.4, 0.5) is 0 Å². The number of carbonyl (C=O) groups excluding carboxylic acids is 1. The first-order valence-corrected chi connectivity index (χ1v) is 11.4. The van der Waals surface area contributed by atoms with E-state index in [0.29, 0.717) is 18.8 Å². The van der Waals surface area contributed by atoms with E-state index in [1.54, 1.807) is 7.11 Å². The number of amides is 1. The summed E-state index contributed by atoms with van der Waals surface area (Å²) in [6.45, 7) is 12.1. The molecule has 31 heavy (non-hydrogen) atoms. The molecule has 164 valence electrons. The molecule has 1 saturated heterocycles. The van der Waals surface area contributed by atoms with Crippen LogP contribution < -0.4 is 5.32 Å². The number of piperidine rings is 1. The molecule has 1 N–H and O–H groups in total. The molecule has 4 rings (SSSR count). The Morgan fingerprint density at radius 3 is 2.65 bits per heavy atom. The van der Waals surface area contributed by atoms with Gasteiger partial charge in [0.05, 0.1) is 6.10 Å². The number of carbonyl (C=O) groups is 1. The van der Waals surface area contributed by atoms with Gasteiger partial charge in [-0.2, -0.15) is 0 Å². The van der Waals surface area contributed by atoms with E-state index >= 15 is 0 Å². The highest BCUT2D eigenvalue weighted by Gasteiger charge is 2.38. The summed E-state index contributed by atoms with van der Waals surface area (Å²) >= 11 is 3.54. The van der Waals surface area contributed by atoms with Gasteiger partial charge in [0.25, 0.3) is 5.91 Å². The van der Waals surface area contributed by atoms with Crippen molar-refractivity contribution in [2.75, 3.05) is 26.7 Å². The second kappa shape index (κ2) is 8.73. The molecule has 1 amide bonds. The maximum atomic E-state index is 13.2. The van der Waals surface area contributed by atoms with E-state index in [9.17, 15) is 4.79 Å². The molecule has 4 heterocycles. The number of ether oxygens (including phenoxy) is 1. The Morgan fingerprint density at radius 1 is 1.29 bits per heavy atom. The lowest BCUT2D eigenvalue weighted by Gasteiger charge is -2.45. The smallest absolute Gasteiger partial charge is 0.274 e. The van der Waals surface area contributed by atoms with E-state index in [0.717, 1.165) is 41.5 Å². The summed E-state index contributed by atoms with van der Waals surface area (Å²) < 4.78 is 8.31. The third-order valence-electron chi connectivity index (χ3n) is 6.65. The van der Waals surface area contributed by atoms with E-state index in [4.69, 9.17) is 4.74 Å². The van der Waals surface area contributed by atoms with Gasteiger partial charge in [-0.3, -0.25) is 4.79 Å². The SMILES string of the molecule is C=CC1=C(C=C)CC2(CCN(C(=O)c3cn4cc(Br)cc(C(C)OC)c4n3)CC2)NC1. The Morgan fingerprint density at radius 2 is 2.00 bits per heavy atom. The van der Waals surface area contributed by atoms with E-state index < -0.39 is 0 Å². The number of methoxy groups -OCH3 is 1. The zero-order valence-electron chi connectivity index (χ0n) is 18.2. The zero-order chi connectivity index (χ0) is 22.2. The molecule has 0 radical (unpaired) electrons. The molecule has 2 aromatic rings. The number of rotatable bonds is 5. The van der Waals surface area contributed by atoms with Gasteiger partial charge in [-0.05, 0) is 59.3 Å². The number of hydrogen-bond acceptors (Lipinski definition) is 4. The minimum atomic E-state index is -0.120. The third-order valence-corrected chi connectivity index (χ3v) is 7.09. The number of nitrogens with one attached hydrogen (secondary N) is 1. The molecule has 1 unspecified atom stereocenters. The largest absolute Gasteiger partial charge is 0.377 e. The lowest BCUT2D eigenvalue weighted by atomic mass is 9.78. The maximum absolute atomic E-state index is 13.2. The highest BCUT2D eigenvalue weighted by atomic mass is 79.9. The molecule has 2 aromatic heterocycles. The standard InChI is InChI=1S/C24H29BrN4O2/c1-5-17-12-24(26-13-18(17)6-2)7-9-28(10-8-24)23(30)21-15-29-14-19(25)11-20(16(3)31-4)22(29)27-21/h5-6,11,14-16,26H,1-2,7-10,12-13H2,3-4H3. The summed E-state index contributed by atoms with van der Waals surface area (Å²) in [4.78, 5) is 19.8. The fourth-order valence-electron chi connectivity index (χ4n) is 4.61. The van der Waals surface area contributed by atoms with Crippen LogP contribution >= 0.6 is 15.9 Å². The predicted octanol–water partition coefficient (Wildman–Crippen LogP) is 4.44. The van der Waals surface area contributed by atoms with Crippen molar-refractivity contribution in [3.05, 3.63) is 70.6 Å². The average molecular weight is 485 g/mol. The van der Waals surface area contributed by atoms with E-state index in [1.165, 1.54) is 11.1 Å². The number of aromatic nitrogens is 2. The van der Waals surface area contributed by atoms with Gasteiger partial charge < -0.3 is 19.4 Å². The second-order valence-corrected chi connectivity index (χ2v) is 9.33. The maximum Gasteiger partial charge on any atom is 0.274 e. The Bertz CT molecular complexity index is 1060. The molecule has 0 aromatic carbocycles. The Kier molecular flexibility index (Phi) is 6.19. The van der Waals surface area contributed by atoms with Gasteiger partial charge in [0.2, 0.25) is 0 Å². The Labute approximate surface area is 191 Å². The Balaban J connectivity index is 1.52. The van der Waals surface area contributed by atoms with Crippen molar-refractivity contribution in [2.24, 2.45) is 0 Å². The van der Waals surface area contributed by atoms with Crippen molar-refractivity contribution in [3.8, 4) is 0 Å². The summed E-state index contributed by atoms with van der Waals surface area (Å²) in [6, 6.07) is 1.99. The van der Waals surface area contributed by atoms with Crippen LogP contribution in [0.3, 0.4) is 0 Å². The number of allylic oxidation sites excluding steroid dienone is 1. The molecule has 0 aliphatic carbocycles. The fourth-order valence-corrected chi connectivity index (χ4v) is 5.08. The van der Waals surface area contributed by atoms with Gasteiger partial charge in [0, 0.05) is 54.7 Å². The van der Waals surface area contributed by atoms with Crippen molar-refractivity contribution in [3.63, 3.8) is 0 Å². The highest BCUT2D eigenvalue weighted by Crippen LogP contribution is 2.34. The van der Waals surface area contributed by atoms with Gasteiger partial charge in [0.1, 0.15) is 11.3 Å². The molecule has 1 atom stereocenters. The van der Waals surface area contributed by atoms with Gasteiger partial charge in [0.15, 0.2) is 0 Å². The first-order valence-electron chi connectivity index (χ1n) is 10.6. The molecule has 0 bridgehead atoms. The van der Waals surface area contributed by atoms with Crippen LogP contribution in [0.15, 0.2) is 59.4 Å². The van der Waals surface area contributed by atoms with Crippen molar-refractivity contribution in [1.82, 2.24) is 19.6 Å². The number of nitrogens with zero attached hydrogens (tertiary/aromatic N) is 3. The fraction of sp³-hybridized carbons (Fsp3) is 0.417. The van der Waals surface area contributed by atoms with E-state index in [-0.39, 0.29) is 17.6 Å². The predicted molar refractivity (Wildman–Crippen MR) is 126 cm³/mol. The summed E-state index contributed by atoms with van der Waals surface area (Å²) in [6.07, 6.45) is 10.2. The van der Waals surface area contributed by atoms with E-state index in [2.05, 4.69) is 39.4 Å². The van der Waals surface area contributed by atoms with Crippen molar-refractivity contribution in [2.45, 2.75) is 37.8 Å². The van der Waals surface area contributed by atoms with Crippen LogP contribution in [0.25, 0.3) is 5.65 Å². The van der Waals surface area contributed by atoms with Crippen molar-refractivity contribution >= 4 is 27.5 Å². The molecule has 1 spiro atoms. The number of pyridine rings is 1. The van der Waals surface area contributed by atoms with Crippen LogP contribution in [0, 0.1) is 0 Å².